The van der Waals surface area contributed by atoms with E-state index >= 15 is 0 Å². The molecule has 0 bridgehead atoms. The summed E-state index contributed by atoms with van der Waals surface area (Å²) in [6, 6.07) is 14.3. The molecule has 0 fully saturated rings. The molecule has 160 valence electrons. The molecule has 1 heterocycles. The maximum atomic E-state index is 13.1. The zero-order valence-electron chi connectivity index (χ0n) is 17.1. The fourth-order valence-electron chi connectivity index (χ4n) is 3.31. The standard InChI is InChI=1S/C25H19NO4S2/c1-17-14-18(11-13-20(15-17)25(27)28)10-12-19-6-2-4-8-22(19)26-32(29,30)24-16-31-23-9-5-3-7-21(23)24/h2-9,11,13-17,26H,1H3,(H,27,28). The van der Waals surface area contributed by atoms with Gasteiger partial charge in [-0.05, 0) is 36.3 Å². The average molecular weight is 462 g/mol. The van der Waals surface area contributed by atoms with Crippen LogP contribution in [0, 0.1) is 17.8 Å². The molecule has 1 aromatic heterocycles. The number of hydrogen-bond acceptors (Lipinski definition) is 4. The van der Waals surface area contributed by atoms with E-state index in [1.54, 1.807) is 47.9 Å². The van der Waals surface area contributed by atoms with Crippen molar-refractivity contribution in [2.75, 3.05) is 4.72 Å². The summed E-state index contributed by atoms with van der Waals surface area (Å²) in [5.41, 5.74) is 1.77. The Morgan fingerprint density at radius 3 is 2.59 bits per heavy atom. The Balaban J connectivity index is 1.64. The fraction of sp³-hybridized carbons (Fsp3) is 0.0800. The van der Waals surface area contributed by atoms with Gasteiger partial charge in [0.1, 0.15) is 4.90 Å². The van der Waals surface area contributed by atoms with E-state index in [0.29, 0.717) is 22.2 Å². The molecule has 32 heavy (non-hydrogen) atoms. The zero-order valence-corrected chi connectivity index (χ0v) is 18.7. The number of sulfonamides is 1. The molecule has 2 N–H and O–H groups in total. The highest BCUT2D eigenvalue weighted by Crippen LogP contribution is 2.31. The van der Waals surface area contributed by atoms with Gasteiger partial charge in [-0.15, -0.1) is 11.3 Å². The Hall–Kier alpha value is -3.60. The third-order valence-electron chi connectivity index (χ3n) is 4.82. The predicted molar refractivity (Wildman–Crippen MR) is 128 cm³/mol. The van der Waals surface area contributed by atoms with Gasteiger partial charge in [0, 0.05) is 26.6 Å². The van der Waals surface area contributed by atoms with Gasteiger partial charge < -0.3 is 5.11 Å². The summed E-state index contributed by atoms with van der Waals surface area (Å²) in [6.45, 7) is 1.88. The Morgan fingerprint density at radius 1 is 1.03 bits per heavy atom. The lowest BCUT2D eigenvalue weighted by Crippen LogP contribution is -2.13. The summed E-state index contributed by atoms with van der Waals surface area (Å²) in [4.78, 5) is 11.5. The number of anilines is 1. The number of carbonyl (C=O) groups is 1. The van der Waals surface area contributed by atoms with Crippen molar-refractivity contribution in [2.24, 2.45) is 5.92 Å². The number of carboxylic acid groups (broad SMARTS) is 1. The van der Waals surface area contributed by atoms with E-state index in [-0.39, 0.29) is 16.4 Å². The third kappa shape index (κ3) is 4.67. The molecule has 1 unspecified atom stereocenters. The normalized spacial score (nSPS) is 15.8. The van der Waals surface area contributed by atoms with Gasteiger partial charge >= 0.3 is 5.97 Å². The molecule has 2 aromatic carbocycles. The van der Waals surface area contributed by atoms with E-state index in [4.69, 9.17) is 0 Å². The van der Waals surface area contributed by atoms with Crippen LogP contribution in [-0.4, -0.2) is 19.5 Å². The van der Waals surface area contributed by atoms with Gasteiger partial charge in [0.2, 0.25) is 0 Å². The van der Waals surface area contributed by atoms with Crippen LogP contribution in [0.5, 0.6) is 0 Å². The van der Waals surface area contributed by atoms with Crippen LogP contribution in [-0.2, 0) is 14.8 Å². The minimum absolute atomic E-state index is 0.0963. The van der Waals surface area contributed by atoms with Crippen LogP contribution < -0.4 is 4.72 Å². The Kier molecular flexibility index (Phi) is 5.99. The fourth-order valence-corrected chi connectivity index (χ4v) is 5.90. The quantitative estimate of drug-likeness (QED) is 0.524. The number of hydrogen-bond donors (Lipinski definition) is 2. The number of carboxylic acids is 1. The number of para-hydroxylation sites is 1. The summed E-state index contributed by atoms with van der Waals surface area (Å²) >= 11 is 1.38. The van der Waals surface area contributed by atoms with Crippen LogP contribution in [0.1, 0.15) is 12.5 Å². The van der Waals surface area contributed by atoms with E-state index in [2.05, 4.69) is 16.6 Å². The smallest absolute Gasteiger partial charge is 0.335 e. The summed E-state index contributed by atoms with van der Waals surface area (Å²) in [7, 11) is -3.80. The number of aliphatic carboxylic acids is 1. The number of allylic oxidation sites excluding steroid dienone is 4. The van der Waals surface area contributed by atoms with Crippen molar-refractivity contribution < 1.29 is 18.3 Å². The Labute approximate surface area is 190 Å². The maximum Gasteiger partial charge on any atom is 0.335 e. The van der Waals surface area contributed by atoms with E-state index in [0.717, 1.165) is 4.70 Å². The number of rotatable bonds is 4. The van der Waals surface area contributed by atoms with Crippen LogP contribution in [0.3, 0.4) is 0 Å². The summed E-state index contributed by atoms with van der Waals surface area (Å²) in [5.74, 6) is 4.95. The van der Waals surface area contributed by atoms with Crippen LogP contribution in [0.4, 0.5) is 5.69 Å². The van der Waals surface area contributed by atoms with Gasteiger partial charge in [0.05, 0.1) is 11.3 Å². The summed E-state index contributed by atoms with van der Waals surface area (Å²) in [6.07, 6.45) is 6.69. The largest absolute Gasteiger partial charge is 0.478 e. The van der Waals surface area contributed by atoms with Crippen molar-refractivity contribution in [1.29, 1.82) is 0 Å². The molecular formula is C25H19NO4S2. The van der Waals surface area contributed by atoms with Gasteiger partial charge in [-0.1, -0.05) is 61.2 Å². The molecule has 4 rings (SSSR count). The molecule has 0 radical (unpaired) electrons. The molecule has 1 aliphatic carbocycles. The second-order valence-electron chi connectivity index (χ2n) is 7.24. The van der Waals surface area contributed by atoms with E-state index < -0.39 is 16.0 Å². The van der Waals surface area contributed by atoms with Gasteiger partial charge in [0.25, 0.3) is 10.0 Å². The first-order valence-corrected chi connectivity index (χ1v) is 12.1. The highest BCUT2D eigenvalue weighted by Gasteiger charge is 2.20. The van der Waals surface area contributed by atoms with Gasteiger partial charge in [-0.2, -0.15) is 0 Å². The second-order valence-corrected chi connectivity index (χ2v) is 9.80. The molecule has 1 aliphatic rings. The van der Waals surface area contributed by atoms with Gasteiger partial charge in [0.15, 0.2) is 0 Å². The first-order chi connectivity index (χ1) is 15.3. The molecule has 0 saturated heterocycles. The maximum absolute atomic E-state index is 13.1. The van der Waals surface area contributed by atoms with Crippen molar-refractivity contribution in [2.45, 2.75) is 11.8 Å². The molecule has 0 amide bonds. The van der Waals surface area contributed by atoms with E-state index in [9.17, 15) is 18.3 Å². The molecule has 0 aliphatic heterocycles. The van der Waals surface area contributed by atoms with Crippen LogP contribution >= 0.6 is 11.3 Å². The lowest BCUT2D eigenvalue weighted by atomic mass is 10.1. The van der Waals surface area contributed by atoms with Crippen LogP contribution in [0.2, 0.25) is 0 Å². The van der Waals surface area contributed by atoms with Gasteiger partial charge in [-0.3, -0.25) is 4.72 Å². The Morgan fingerprint density at radius 2 is 1.78 bits per heavy atom. The number of nitrogens with one attached hydrogen (secondary N) is 1. The predicted octanol–water partition coefficient (Wildman–Crippen LogP) is 5.20. The molecule has 7 heteroatoms. The van der Waals surface area contributed by atoms with Gasteiger partial charge in [-0.25, -0.2) is 13.2 Å². The molecule has 5 nitrogen and oxygen atoms in total. The molecular weight excluding hydrogens is 442 g/mol. The highest BCUT2D eigenvalue weighted by atomic mass is 32.2. The zero-order chi connectivity index (χ0) is 22.7. The monoisotopic (exact) mass is 461 g/mol. The first kappa shape index (κ1) is 21.6. The van der Waals surface area contributed by atoms with E-state index in [1.807, 2.05) is 31.2 Å². The van der Waals surface area contributed by atoms with Crippen molar-refractivity contribution >= 4 is 43.1 Å². The molecule has 0 spiro atoms. The van der Waals surface area contributed by atoms with Crippen molar-refractivity contribution in [3.05, 3.63) is 94.9 Å². The SMILES string of the molecule is CC1C=C(C#Cc2ccccc2NS(=O)(=O)c2csc3ccccc23)C=CC(C(=O)O)=C1. The number of fused-ring (bicyclic) bond motifs is 1. The second kappa shape index (κ2) is 8.87. The van der Waals surface area contributed by atoms with Crippen molar-refractivity contribution in [1.82, 2.24) is 0 Å². The van der Waals surface area contributed by atoms with Crippen LogP contribution in [0.25, 0.3) is 10.1 Å². The lowest BCUT2D eigenvalue weighted by molar-refractivity contribution is -0.132. The summed E-state index contributed by atoms with van der Waals surface area (Å²) < 4.78 is 29.7. The summed E-state index contributed by atoms with van der Waals surface area (Å²) in [5, 5.41) is 11.5. The Bertz CT molecular complexity index is 1460. The molecule has 3 aromatic rings. The first-order valence-electron chi connectivity index (χ1n) is 9.78. The number of thiophene rings is 1. The molecule has 0 saturated carbocycles. The third-order valence-corrected chi connectivity index (χ3v) is 7.34. The highest BCUT2D eigenvalue weighted by molar-refractivity contribution is 7.93. The lowest BCUT2D eigenvalue weighted by Gasteiger charge is -2.09. The number of benzene rings is 2. The molecule has 1 atom stereocenters. The van der Waals surface area contributed by atoms with Crippen molar-refractivity contribution in [3.63, 3.8) is 0 Å². The van der Waals surface area contributed by atoms with E-state index in [1.165, 1.54) is 17.4 Å². The minimum Gasteiger partial charge on any atom is -0.478 e. The average Bonchev–Trinajstić information content (AvgIpc) is 3.11. The topological polar surface area (TPSA) is 83.5 Å². The van der Waals surface area contributed by atoms with Crippen LogP contribution in [0.15, 0.2) is 94.3 Å². The van der Waals surface area contributed by atoms with Crippen molar-refractivity contribution in [3.8, 4) is 11.8 Å². The minimum atomic E-state index is -3.80.